The van der Waals surface area contributed by atoms with Crippen molar-refractivity contribution in [2.24, 2.45) is 0 Å². The lowest BCUT2D eigenvalue weighted by atomic mass is 10.0. The second kappa shape index (κ2) is 10.9. The van der Waals surface area contributed by atoms with Gasteiger partial charge in [-0.2, -0.15) is 4.98 Å². The number of aromatic nitrogens is 2. The Hall–Kier alpha value is -2.33. The van der Waals surface area contributed by atoms with Gasteiger partial charge in [0.15, 0.2) is 11.6 Å². The smallest absolute Gasteiger partial charge is 0.237 e. The number of methoxy groups -OCH3 is 1. The fraction of sp³-hybridized carbons (Fsp3) is 0.522. The zero-order chi connectivity index (χ0) is 24.2. The van der Waals surface area contributed by atoms with E-state index >= 15 is 0 Å². The number of aliphatic hydroxyl groups is 1. The average molecular weight is 509 g/mol. The molecule has 2 aliphatic heterocycles. The van der Waals surface area contributed by atoms with Crippen LogP contribution in [0.1, 0.15) is 37.8 Å². The first kappa shape index (κ1) is 24.8. The summed E-state index contributed by atoms with van der Waals surface area (Å²) in [6, 6.07) is 4.72. The van der Waals surface area contributed by atoms with Crippen molar-refractivity contribution in [3.05, 3.63) is 40.0 Å². The van der Waals surface area contributed by atoms with Crippen LogP contribution in [0.4, 0.5) is 11.8 Å². The summed E-state index contributed by atoms with van der Waals surface area (Å²) in [5, 5.41) is 21.4. The molecular formula is C23H30Cl2N6O3. The van der Waals surface area contributed by atoms with Gasteiger partial charge in [-0.05, 0) is 50.4 Å². The minimum absolute atomic E-state index is 0.0444. The number of anilines is 2. The van der Waals surface area contributed by atoms with E-state index in [2.05, 4.69) is 25.9 Å². The molecule has 9 nitrogen and oxygen atoms in total. The second-order valence-electron chi connectivity index (χ2n) is 8.68. The number of hydrogen-bond donors (Lipinski definition) is 4. The molecule has 2 aliphatic rings. The van der Waals surface area contributed by atoms with Gasteiger partial charge in [-0.3, -0.25) is 4.79 Å². The van der Waals surface area contributed by atoms with Gasteiger partial charge in [0.05, 0.1) is 37.5 Å². The monoisotopic (exact) mass is 508 g/mol. The summed E-state index contributed by atoms with van der Waals surface area (Å²) < 4.78 is 5.44. The van der Waals surface area contributed by atoms with E-state index in [4.69, 9.17) is 27.9 Å². The molecular weight excluding hydrogens is 479 g/mol. The van der Waals surface area contributed by atoms with E-state index in [9.17, 15) is 9.90 Å². The predicted octanol–water partition coefficient (Wildman–Crippen LogP) is 2.77. The van der Waals surface area contributed by atoms with Crippen LogP contribution in [-0.4, -0.2) is 65.9 Å². The Labute approximate surface area is 209 Å². The largest absolute Gasteiger partial charge is 0.491 e. The summed E-state index contributed by atoms with van der Waals surface area (Å²) in [4.78, 5) is 23.4. The first-order valence-electron chi connectivity index (χ1n) is 11.4. The third kappa shape index (κ3) is 5.66. The van der Waals surface area contributed by atoms with Crippen molar-refractivity contribution < 1.29 is 14.6 Å². The molecule has 34 heavy (non-hydrogen) atoms. The second-order valence-corrected chi connectivity index (χ2v) is 9.53. The van der Waals surface area contributed by atoms with Crippen LogP contribution >= 0.6 is 23.2 Å². The molecule has 0 radical (unpaired) electrons. The summed E-state index contributed by atoms with van der Waals surface area (Å²) in [5.74, 6) is 1.44. The summed E-state index contributed by atoms with van der Waals surface area (Å²) in [7, 11) is 1.56. The summed E-state index contributed by atoms with van der Waals surface area (Å²) in [6.45, 7) is 3.73. The first-order chi connectivity index (χ1) is 16.4. The molecule has 4 atom stereocenters. The highest BCUT2D eigenvalue weighted by Gasteiger charge is 2.32. The molecule has 2 saturated heterocycles. The number of amides is 1. The first-order valence-corrected chi connectivity index (χ1v) is 12.2. The van der Waals surface area contributed by atoms with Gasteiger partial charge in [0.2, 0.25) is 11.9 Å². The van der Waals surface area contributed by atoms with Gasteiger partial charge in [-0.1, -0.05) is 29.3 Å². The van der Waals surface area contributed by atoms with Crippen molar-refractivity contribution in [2.45, 2.75) is 50.4 Å². The number of aliphatic hydroxyl groups excluding tert-OH is 1. The van der Waals surface area contributed by atoms with Crippen LogP contribution in [0.15, 0.2) is 24.4 Å². The van der Waals surface area contributed by atoms with E-state index in [-0.39, 0.29) is 24.0 Å². The zero-order valence-corrected chi connectivity index (χ0v) is 20.7. The minimum Gasteiger partial charge on any atom is -0.491 e. The number of carbonyl (C=O) groups excluding carboxylic acids is 1. The normalized spacial score (nSPS) is 23.4. The van der Waals surface area contributed by atoms with Gasteiger partial charge in [0.25, 0.3) is 0 Å². The van der Waals surface area contributed by atoms with Gasteiger partial charge in [-0.15, -0.1) is 0 Å². The van der Waals surface area contributed by atoms with Gasteiger partial charge >= 0.3 is 0 Å². The van der Waals surface area contributed by atoms with E-state index in [1.165, 1.54) is 0 Å². The van der Waals surface area contributed by atoms with Gasteiger partial charge in [0.1, 0.15) is 0 Å². The van der Waals surface area contributed by atoms with Crippen molar-refractivity contribution in [1.82, 2.24) is 20.6 Å². The molecule has 2 aromatic rings. The zero-order valence-electron chi connectivity index (χ0n) is 19.2. The van der Waals surface area contributed by atoms with Gasteiger partial charge < -0.3 is 30.7 Å². The number of rotatable bonds is 7. The van der Waals surface area contributed by atoms with Gasteiger partial charge in [-0.25, -0.2) is 4.98 Å². The van der Waals surface area contributed by atoms with Crippen LogP contribution in [-0.2, 0) is 4.79 Å². The fourth-order valence-electron chi connectivity index (χ4n) is 4.38. The molecule has 0 spiro atoms. The topological polar surface area (TPSA) is 112 Å². The molecule has 4 rings (SSSR count). The van der Waals surface area contributed by atoms with Crippen molar-refractivity contribution >= 4 is 40.9 Å². The molecule has 0 saturated carbocycles. The van der Waals surface area contributed by atoms with Crippen LogP contribution in [0, 0.1) is 0 Å². The van der Waals surface area contributed by atoms with Crippen molar-refractivity contribution in [3.8, 4) is 5.75 Å². The Morgan fingerprint density at radius 3 is 2.85 bits per heavy atom. The Kier molecular flexibility index (Phi) is 7.98. The van der Waals surface area contributed by atoms with Crippen LogP contribution in [0.5, 0.6) is 5.75 Å². The standard InChI is InChI=1S/C23H30Cl2N6O3/c1-13(15-6-5-14(24)10-16(15)25)28-21-20(34-2)11-27-23(30-21)31-9-7-17(19(32)12-31)29-22(33)18-4-3-8-26-18/h5-6,10-11,13,17-19,26,32H,3-4,7-9,12H2,1-2H3,(H,29,33)(H,27,28,30)/t13-,17+,18?,19+/m1/s1. The summed E-state index contributed by atoms with van der Waals surface area (Å²) in [6.07, 6.45) is 3.29. The number of piperidine rings is 1. The highest BCUT2D eigenvalue weighted by atomic mass is 35.5. The number of hydrogen-bond acceptors (Lipinski definition) is 8. The highest BCUT2D eigenvalue weighted by Crippen LogP contribution is 2.32. The Bertz CT molecular complexity index is 1020. The Morgan fingerprint density at radius 1 is 1.35 bits per heavy atom. The average Bonchev–Trinajstić information content (AvgIpc) is 3.35. The molecule has 1 aromatic heterocycles. The van der Waals surface area contributed by atoms with E-state index in [0.29, 0.717) is 47.1 Å². The number of carbonyl (C=O) groups is 1. The molecule has 1 unspecified atom stereocenters. The van der Waals surface area contributed by atoms with E-state index < -0.39 is 6.10 Å². The number of ether oxygens (including phenoxy) is 1. The SMILES string of the molecule is COc1cnc(N2CC[C@H](NC(=O)C3CCCN3)[C@@H](O)C2)nc1N[C@H](C)c1ccc(Cl)cc1Cl. The Morgan fingerprint density at radius 2 is 2.18 bits per heavy atom. The van der Waals surface area contributed by atoms with Crippen molar-refractivity contribution in [1.29, 1.82) is 0 Å². The number of nitrogens with one attached hydrogen (secondary N) is 3. The minimum atomic E-state index is -0.729. The van der Waals surface area contributed by atoms with Crippen LogP contribution < -0.4 is 25.6 Å². The number of halogens is 2. The maximum atomic E-state index is 12.4. The van der Waals surface area contributed by atoms with Crippen molar-refractivity contribution in [3.63, 3.8) is 0 Å². The summed E-state index contributed by atoms with van der Waals surface area (Å²) >= 11 is 12.4. The van der Waals surface area contributed by atoms with E-state index in [0.717, 1.165) is 24.9 Å². The quantitative estimate of drug-likeness (QED) is 0.451. The molecule has 2 fully saturated rings. The molecule has 0 bridgehead atoms. The lowest BCUT2D eigenvalue weighted by Gasteiger charge is -2.36. The summed E-state index contributed by atoms with van der Waals surface area (Å²) in [5.41, 5.74) is 0.872. The molecule has 1 aromatic carbocycles. The molecule has 0 aliphatic carbocycles. The number of benzene rings is 1. The maximum Gasteiger partial charge on any atom is 0.237 e. The molecule has 4 N–H and O–H groups in total. The van der Waals surface area contributed by atoms with Crippen LogP contribution in [0.3, 0.4) is 0 Å². The predicted molar refractivity (Wildman–Crippen MR) is 133 cm³/mol. The molecule has 1 amide bonds. The Balaban J connectivity index is 1.43. The third-order valence-electron chi connectivity index (χ3n) is 6.31. The lowest BCUT2D eigenvalue weighted by Crippen LogP contribution is -2.56. The molecule has 11 heteroatoms. The van der Waals surface area contributed by atoms with Crippen LogP contribution in [0.25, 0.3) is 0 Å². The van der Waals surface area contributed by atoms with E-state index in [1.54, 1.807) is 25.4 Å². The molecule has 3 heterocycles. The highest BCUT2D eigenvalue weighted by molar-refractivity contribution is 6.35. The van der Waals surface area contributed by atoms with Crippen molar-refractivity contribution in [2.75, 3.05) is 37.0 Å². The molecule has 184 valence electrons. The third-order valence-corrected chi connectivity index (χ3v) is 6.88. The maximum absolute atomic E-state index is 12.4. The van der Waals surface area contributed by atoms with E-state index in [1.807, 2.05) is 17.9 Å². The van der Waals surface area contributed by atoms with Crippen LogP contribution in [0.2, 0.25) is 10.0 Å². The van der Waals surface area contributed by atoms with Gasteiger partial charge in [0, 0.05) is 23.1 Å². The number of nitrogens with zero attached hydrogens (tertiary/aromatic N) is 3. The number of β-amino-alcohol motifs (C(OH)–C–C–N with tert-alkyl or cyclic N) is 1. The lowest BCUT2D eigenvalue weighted by molar-refractivity contribution is -0.124. The fourth-order valence-corrected chi connectivity index (χ4v) is 4.95.